The van der Waals surface area contributed by atoms with Gasteiger partial charge in [-0.2, -0.15) is 0 Å². The fourth-order valence-corrected chi connectivity index (χ4v) is 1.71. The van der Waals surface area contributed by atoms with Gasteiger partial charge in [-0.15, -0.1) is 0 Å². The molecule has 1 aliphatic rings. The van der Waals surface area contributed by atoms with Gasteiger partial charge in [0.2, 0.25) is 0 Å². The highest BCUT2D eigenvalue weighted by atomic mass is 16.6. The van der Waals surface area contributed by atoms with Crippen molar-refractivity contribution in [3.63, 3.8) is 0 Å². The summed E-state index contributed by atoms with van der Waals surface area (Å²) in [5, 5.41) is 5.13. The molecule has 0 unspecified atom stereocenters. The van der Waals surface area contributed by atoms with Gasteiger partial charge in [0.05, 0.1) is 6.67 Å². The lowest BCUT2D eigenvalue weighted by Gasteiger charge is -2.27. The average molecular weight is 257 g/mol. The van der Waals surface area contributed by atoms with Crippen molar-refractivity contribution < 1.29 is 14.3 Å². The number of nitrogens with zero attached hydrogens (tertiary/aromatic N) is 1. The summed E-state index contributed by atoms with van der Waals surface area (Å²) in [5.74, 6) is 0. The van der Waals surface area contributed by atoms with Gasteiger partial charge in [0, 0.05) is 13.1 Å². The standard InChI is InChI=1S/C12H23N3O3/c1-12(2,3)18-11(17)14-9-13-10(16)15-7-5-4-6-8-15/h4-9H2,1-3H3,(H,13,16)(H,14,17). The lowest BCUT2D eigenvalue weighted by molar-refractivity contribution is 0.0524. The molecule has 6 heteroatoms. The number of likely N-dealkylation sites (tertiary alicyclic amines) is 1. The van der Waals surface area contributed by atoms with Crippen molar-refractivity contribution in [1.29, 1.82) is 0 Å². The summed E-state index contributed by atoms with van der Waals surface area (Å²) in [6.45, 7) is 7.04. The third-order valence-corrected chi connectivity index (χ3v) is 2.51. The van der Waals surface area contributed by atoms with Gasteiger partial charge in [-0.3, -0.25) is 0 Å². The van der Waals surface area contributed by atoms with Crippen molar-refractivity contribution in [3.05, 3.63) is 0 Å². The predicted molar refractivity (Wildman–Crippen MR) is 68.2 cm³/mol. The molecule has 1 aliphatic heterocycles. The number of carbonyl (C=O) groups excluding carboxylic acids is 2. The van der Waals surface area contributed by atoms with Gasteiger partial charge in [-0.1, -0.05) is 0 Å². The third kappa shape index (κ3) is 5.75. The van der Waals surface area contributed by atoms with Crippen LogP contribution in [0.5, 0.6) is 0 Å². The molecule has 18 heavy (non-hydrogen) atoms. The van der Waals surface area contributed by atoms with Gasteiger partial charge < -0.3 is 20.3 Å². The van der Waals surface area contributed by atoms with Crippen LogP contribution in [0.15, 0.2) is 0 Å². The van der Waals surface area contributed by atoms with Crippen LogP contribution in [-0.2, 0) is 4.74 Å². The molecule has 0 aliphatic carbocycles. The van der Waals surface area contributed by atoms with Gasteiger partial charge in [-0.25, -0.2) is 9.59 Å². The topological polar surface area (TPSA) is 70.7 Å². The Morgan fingerprint density at radius 1 is 1.11 bits per heavy atom. The Balaban J connectivity index is 2.17. The van der Waals surface area contributed by atoms with E-state index in [0.717, 1.165) is 25.9 Å². The first-order chi connectivity index (χ1) is 8.38. The van der Waals surface area contributed by atoms with Crippen molar-refractivity contribution in [2.45, 2.75) is 45.6 Å². The number of hydrogen-bond acceptors (Lipinski definition) is 3. The van der Waals surface area contributed by atoms with E-state index in [2.05, 4.69) is 10.6 Å². The zero-order valence-corrected chi connectivity index (χ0v) is 11.4. The fraction of sp³-hybridized carbons (Fsp3) is 0.833. The summed E-state index contributed by atoms with van der Waals surface area (Å²) in [5.41, 5.74) is -0.527. The van der Waals surface area contributed by atoms with E-state index in [1.807, 2.05) is 0 Å². The molecule has 0 aromatic carbocycles. The number of rotatable bonds is 2. The molecule has 0 spiro atoms. The second-order valence-electron chi connectivity index (χ2n) is 5.39. The Kier molecular flexibility index (Phi) is 5.25. The molecule has 3 amide bonds. The van der Waals surface area contributed by atoms with E-state index in [4.69, 9.17) is 4.74 Å². The number of piperidine rings is 1. The minimum absolute atomic E-state index is 0.0875. The lowest BCUT2D eigenvalue weighted by atomic mass is 10.1. The monoisotopic (exact) mass is 257 g/mol. The molecular formula is C12H23N3O3. The number of hydrogen-bond donors (Lipinski definition) is 2. The summed E-state index contributed by atoms with van der Waals surface area (Å²) in [7, 11) is 0. The van der Waals surface area contributed by atoms with E-state index in [-0.39, 0.29) is 12.7 Å². The molecule has 0 atom stereocenters. The highest BCUT2D eigenvalue weighted by molar-refractivity contribution is 5.75. The molecule has 1 saturated heterocycles. The number of alkyl carbamates (subject to hydrolysis) is 1. The normalized spacial score (nSPS) is 16.1. The Morgan fingerprint density at radius 3 is 2.28 bits per heavy atom. The predicted octanol–water partition coefficient (Wildman–Crippen LogP) is 1.66. The fourth-order valence-electron chi connectivity index (χ4n) is 1.71. The third-order valence-electron chi connectivity index (χ3n) is 2.51. The van der Waals surface area contributed by atoms with E-state index in [0.29, 0.717) is 0 Å². The summed E-state index contributed by atoms with van der Waals surface area (Å²) in [4.78, 5) is 24.8. The molecule has 1 rings (SSSR count). The van der Waals surface area contributed by atoms with Crippen molar-refractivity contribution in [2.24, 2.45) is 0 Å². The minimum Gasteiger partial charge on any atom is -0.444 e. The minimum atomic E-state index is -0.527. The Morgan fingerprint density at radius 2 is 1.72 bits per heavy atom. The molecule has 2 N–H and O–H groups in total. The van der Waals surface area contributed by atoms with Crippen molar-refractivity contribution in [1.82, 2.24) is 15.5 Å². The quantitative estimate of drug-likeness (QED) is 0.739. The summed E-state index contributed by atoms with van der Waals surface area (Å²) in [6, 6.07) is -0.134. The number of urea groups is 1. The number of ether oxygens (including phenoxy) is 1. The first kappa shape index (κ1) is 14.6. The highest BCUT2D eigenvalue weighted by Gasteiger charge is 2.17. The van der Waals surface area contributed by atoms with Gasteiger partial charge in [0.1, 0.15) is 5.60 Å². The SMILES string of the molecule is CC(C)(C)OC(=O)NCNC(=O)N1CCCCC1. The van der Waals surface area contributed by atoms with Crippen LogP contribution in [0, 0.1) is 0 Å². The van der Waals surface area contributed by atoms with Crippen molar-refractivity contribution in [3.8, 4) is 0 Å². The molecule has 0 aromatic rings. The summed E-state index contributed by atoms with van der Waals surface area (Å²) >= 11 is 0. The van der Waals surface area contributed by atoms with Crippen LogP contribution in [0.3, 0.4) is 0 Å². The van der Waals surface area contributed by atoms with Crippen LogP contribution in [0.1, 0.15) is 40.0 Å². The lowest BCUT2D eigenvalue weighted by Crippen LogP contribution is -2.47. The smallest absolute Gasteiger partial charge is 0.409 e. The van der Waals surface area contributed by atoms with E-state index >= 15 is 0 Å². The number of amides is 3. The van der Waals surface area contributed by atoms with Crippen LogP contribution < -0.4 is 10.6 Å². The molecule has 0 bridgehead atoms. The summed E-state index contributed by atoms with van der Waals surface area (Å²) < 4.78 is 5.05. The van der Waals surface area contributed by atoms with Crippen LogP contribution in [-0.4, -0.2) is 42.4 Å². The van der Waals surface area contributed by atoms with E-state index in [9.17, 15) is 9.59 Å². The Bertz CT molecular complexity index is 293. The highest BCUT2D eigenvalue weighted by Crippen LogP contribution is 2.08. The second kappa shape index (κ2) is 6.47. The maximum atomic E-state index is 11.7. The molecule has 1 heterocycles. The molecular weight excluding hydrogens is 234 g/mol. The Labute approximate surface area is 108 Å². The van der Waals surface area contributed by atoms with Crippen LogP contribution in [0.25, 0.3) is 0 Å². The first-order valence-corrected chi connectivity index (χ1v) is 6.38. The van der Waals surface area contributed by atoms with E-state index in [1.54, 1.807) is 25.7 Å². The van der Waals surface area contributed by atoms with E-state index < -0.39 is 11.7 Å². The largest absolute Gasteiger partial charge is 0.444 e. The molecule has 6 nitrogen and oxygen atoms in total. The zero-order valence-electron chi connectivity index (χ0n) is 11.4. The van der Waals surface area contributed by atoms with Crippen molar-refractivity contribution in [2.75, 3.05) is 19.8 Å². The van der Waals surface area contributed by atoms with Crippen molar-refractivity contribution >= 4 is 12.1 Å². The number of nitrogens with one attached hydrogen (secondary N) is 2. The molecule has 1 fully saturated rings. The maximum Gasteiger partial charge on any atom is 0.409 e. The zero-order chi connectivity index (χ0) is 13.6. The second-order valence-corrected chi connectivity index (χ2v) is 5.39. The van der Waals surface area contributed by atoms with Crippen LogP contribution in [0.2, 0.25) is 0 Å². The van der Waals surface area contributed by atoms with Gasteiger partial charge in [-0.05, 0) is 40.0 Å². The maximum absolute atomic E-state index is 11.7. The van der Waals surface area contributed by atoms with E-state index in [1.165, 1.54) is 6.42 Å². The van der Waals surface area contributed by atoms with Crippen LogP contribution in [0.4, 0.5) is 9.59 Å². The molecule has 104 valence electrons. The molecule has 0 saturated carbocycles. The van der Waals surface area contributed by atoms with Gasteiger partial charge >= 0.3 is 12.1 Å². The average Bonchev–Trinajstić information content (AvgIpc) is 2.27. The molecule has 0 radical (unpaired) electrons. The van der Waals surface area contributed by atoms with Crippen LogP contribution >= 0.6 is 0 Å². The first-order valence-electron chi connectivity index (χ1n) is 6.38. The molecule has 0 aromatic heterocycles. The van der Waals surface area contributed by atoms with Gasteiger partial charge in [0.25, 0.3) is 0 Å². The Hall–Kier alpha value is -1.46. The van der Waals surface area contributed by atoms with Gasteiger partial charge in [0.15, 0.2) is 0 Å². The number of carbonyl (C=O) groups is 2. The summed E-state index contributed by atoms with van der Waals surface area (Å²) in [6.07, 6.45) is 2.75.